The van der Waals surface area contributed by atoms with Gasteiger partial charge >= 0.3 is 12.1 Å². The van der Waals surface area contributed by atoms with Crippen LogP contribution in [-0.4, -0.2) is 25.8 Å². The number of aromatic carboxylic acids is 1. The molecule has 18 heavy (non-hydrogen) atoms. The molecule has 0 spiro atoms. The molecular weight excluding hydrogens is 251 g/mol. The zero-order valence-corrected chi connectivity index (χ0v) is 8.72. The fraction of sp³-hybridized carbons (Fsp3) is 0.100. The highest BCUT2D eigenvalue weighted by molar-refractivity contribution is 5.89. The Hall–Kier alpha value is -2.38. The second kappa shape index (κ2) is 4.13. The smallest absolute Gasteiger partial charge is 0.434 e. The molecule has 0 aliphatic heterocycles. The maximum Gasteiger partial charge on any atom is 0.434 e. The molecule has 0 saturated carbocycles. The Bertz CT molecular complexity index is 578. The number of pyridine rings is 1. The van der Waals surface area contributed by atoms with Gasteiger partial charge in [-0.2, -0.15) is 18.3 Å². The minimum Gasteiger partial charge on any atom is -0.478 e. The summed E-state index contributed by atoms with van der Waals surface area (Å²) in [6.07, 6.45) is -2.89. The lowest BCUT2D eigenvalue weighted by molar-refractivity contribution is -0.143. The summed E-state index contributed by atoms with van der Waals surface area (Å²) in [4.78, 5) is 14.4. The topological polar surface area (TPSA) is 68.0 Å². The summed E-state index contributed by atoms with van der Waals surface area (Å²) in [6.45, 7) is 0. The molecule has 0 unspecified atom stereocenters. The van der Waals surface area contributed by atoms with Gasteiger partial charge in [-0.3, -0.25) is 0 Å². The van der Waals surface area contributed by atoms with Crippen LogP contribution in [0.5, 0.6) is 0 Å². The van der Waals surface area contributed by atoms with E-state index in [1.807, 2.05) is 0 Å². The molecular formula is C10H6F3N3O2. The van der Waals surface area contributed by atoms with Gasteiger partial charge in [0.05, 0.1) is 6.20 Å². The van der Waals surface area contributed by atoms with Crippen LogP contribution in [0.3, 0.4) is 0 Å². The first-order valence-electron chi connectivity index (χ1n) is 4.71. The summed E-state index contributed by atoms with van der Waals surface area (Å²) in [5.41, 5.74) is -2.26. The van der Waals surface area contributed by atoms with E-state index in [9.17, 15) is 18.0 Å². The number of halogens is 3. The number of carboxylic acid groups (broad SMARTS) is 1. The van der Waals surface area contributed by atoms with E-state index in [-0.39, 0.29) is 5.82 Å². The van der Waals surface area contributed by atoms with Crippen molar-refractivity contribution in [3.05, 3.63) is 41.9 Å². The number of carbonyl (C=O) groups is 1. The molecule has 0 saturated heterocycles. The first kappa shape index (κ1) is 12.1. The van der Waals surface area contributed by atoms with Crippen LogP contribution in [0.15, 0.2) is 30.6 Å². The summed E-state index contributed by atoms with van der Waals surface area (Å²) in [7, 11) is 0. The Labute approximate surface area is 98.5 Å². The minimum atomic E-state index is -4.83. The number of nitrogens with zero attached hydrogens (tertiary/aromatic N) is 3. The van der Waals surface area contributed by atoms with Gasteiger partial charge in [-0.05, 0) is 12.1 Å². The van der Waals surface area contributed by atoms with Gasteiger partial charge in [0.15, 0.2) is 11.5 Å². The molecule has 8 heteroatoms. The van der Waals surface area contributed by atoms with Crippen molar-refractivity contribution in [2.45, 2.75) is 6.18 Å². The largest absolute Gasteiger partial charge is 0.478 e. The number of hydrogen-bond acceptors (Lipinski definition) is 3. The van der Waals surface area contributed by atoms with Gasteiger partial charge in [-0.1, -0.05) is 6.07 Å². The average Bonchev–Trinajstić information content (AvgIpc) is 2.74. The highest BCUT2D eigenvalue weighted by atomic mass is 19.4. The Morgan fingerprint density at radius 1 is 1.33 bits per heavy atom. The van der Waals surface area contributed by atoms with Crippen molar-refractivity contribution in [1.82, 2.24) is 14.8 Å². The number of carboxylic acids is 1. The molecule has 0 atom stereocenters. The van der Waals surface area contributed by atoms with Gasteiger partial charge in [0.2, 0.25) is 0 Å². The van der Waals surface area contributed by atoms with Crippen LogP contribution in [0.2, 0.25) is 0 Å². The number of alkyl halides is 3. The lowest BCUT2D eigenvalue weighted by Crippen LogP contribution is -2.17. The predicted octanol–water partition coefficient (Wildman–Crippen LogP) is 1.98. The van der Waals surface area contributed by atoms with E-state index < -0.39 is 23.4 Å². The summed E-state index contributed by atoms with van der Waals surface area (Å²) in [5.74, 6) is -1.79. The fourth-order valence-electron chi connectivity index (χ4n) is 1.43. The van der Waals surface area contributed by atoms with E-state index in [4.69, 9.17) is 5.11 Å². The SMILES string of the molecule is O=C(O)c1cnn(-c2ccccn2)c1C(F)(F)F. The second-order valence-electron chi connectivity index (χ2n) is 3.31. The first-order chi connectivity index (χ1) is 8.41. The Balaban J connectivity index is 2.67. The molecule has 0 fully saturated rings. The molecule has 0 aliphatic carbocycles. The molecule has 0 aromatic carbocycles. The van der Waals surface area contributed by atoms with Crippen LogP contribution in [0, 0.1) is 0 Å². The third-order valence-corrected chi connectivity index (χ3v) is 2.13. The van der Waals surface area contributed by atoms with Crippen molar-refractivity contribution in [2.24, 2.45) is 0 Å². The van der Waals surface area contributed by atoms with Gasteiger partial charge in [-0.15, -0.1) is 0 Å². The van der Waals surface area contributed by atoms with Gasteiger partial charge < -0.3 is 5.11 Å². The fourth-order valence-corrected chi connectivity index (χ4v) is 1.43. The summed E-state index contributed by atoms with van der Waals surface area (Å²) in [5, 5.41) is 12.1. The third kappa shape index (κ3) is 2.04. The van der Waals surface area contributed by atoms with Crippen molar-refractivity contribution in [3.63, 3.8) is 0 Å². The minimum absolute atomic E-state index is 0.0997. The molecule has 1 N–H and O–H groups in total. The lowest BCUT2D eigenvalue weighted by atomic mass is 10.2. The molecule has 94 valence electrons. The molecule has 0 radical (unpaired) electrons. The Kier molecular flexibility index (Phi) is 2.77. The number of aromatic nitrogens is 3. The van der Waals surface area contributed by atoms with Crippen molar-refractivity contribution in [3.8, 4) is 5.82 Å². The maximum absolute atomic E-state index is 12.8. The van der Waals surface area contributed by atoms with E-state index in [0.717, 1.165) is 0 Å². The van der Waals surface area contributed by atoms with Crippen molar-refractivity contribution in [2.75, 3.05) is 0 Å². The first-order valence-corrected chi connectivity index (χ1v) is 4.71. The quantitative estimate of drug-likeness (QED) is 0.893. The third-order valence-electron chi connectivity index (χ3n) is 2.13. The van der Waals surface area contributed by atoms with Gasteiger partial charge in [-0.25, -0.2) is 14.5 Å². The molecule has 2 aromatic rings. The molecule has 2 aromatic heterocycles. The monoisotopic (exact) mass is 257 g/mol. The molecule has 2 rings (SSSR count). The molecule has 0 amide bonds. The summed E-state index contributed by atoms with van der Waals surface area (Å²) < 4.78 is 39.0. The van der Waals surface area contributed by atoms with Crippen molar-refractivity contribution in [1.29, 1.82) is 0 Å². The molecule has 5 nitrogen and oxygen atoms in total. The van der Waals surface area contributed by atoms with E-state index >= 15 is 0 Å². The molecule has 0 bridgehead atoms. The van der Waals surface area contributed by atoms with Gasteiger partial charge in [0.1, 0.15) is 5.56 Å². The number of rotatable bonds is 2. The number of hydrogen-bond donors (Lipinski definition) is 1. The van der Waals surface area contributed by atoms with E-state index in [1.165, 1.54) is 24.4 Å². The highest BCUT2D eigenvalue weighted by Gasteiger charge is 2.40. The van der Waals surface area contributed by atoms with Crippen LogP contribution in [0.25, 0.3) is 5.82 Å². The standard InChI is InChI=1S/C10H6F3N3O2/c11-10(12,13)8-6(9(17)18)5-15-16(8)7-3-1-2-4-14-7/h1-5H,(H,17,18). The second-order valence-corrected chi connectivity index (χ2v) is 3.31. The zero-order valence-electron chi connectivity index (χ0n) is 8.72. The zero-order chi connectivity index (χ0) is 13.3. The van der Waals surface area contributed by atoms with Crippen LogP contribution < -0.4 is 0 Å². The Morgan fingerprint density at radius 3 is 2.56 bits per heavy atom. The normalized spacial score (nSPS) is 11.5. The van der Waals surface area contributed by atoms with Crippen LogP contribution >= 0.6 is 0 Å². The summed E-state index contributed by atoms with van der Waals surface area (Å²) >= 11 is 0. The molecule has 0 aliphatic rings. The molecule has 2 heterocycles. The Morgan fingerprint density at radius 2 is 2.06 bits per heavy atom. The van der Waals surface area contributed by atoms with E-state index in [2.05, 4.69) is 10.1 Å². The maximum atomic E-state index is 12.8. The van der Waals surface area contributed by atoms with Gasteiger partial charge in [0, 0.05) is 6.20 Å². The van der Waals surface area contributed by atoms with Crippen molar-refractivity contribution >= 4 is 5.97 Å². The summed E-state index contributed by atoms with van der Waals surface area (Å²) in [6, 6.07) is 4.30. The average molecular weight is 257 g/mol. The van der Waals surface area contributed by atoms with E-state index in [1.54, 1.807) is 0 Å². The highest BCUT2D eigenvalue weighted by Crippen LogP contribution is 2.33. The van der Waals surface area contributed by atoms with Gasteiger partial charge in [0.25, 0.3) is 0 Å². The predicted molar refractivity (Wildman–Crippen MR) is 53.3 cm³/mol. The van der Waals surface area contributed by atoms with Crippen LogP contribution in [0.1, 0.15) is 16.1 Å². The van der Waals surface area contributed by atoms with Crippen molar-refractivity contribution < 1.29 is 23.1 Å². The lowest BCUT2D eigenvalue weighted by Gasteiger charge is -2.10. The van der Waals surface area contributed by atoms with Crippen LogP contribution in [0.4, 0.5) is 13.2 Å². The van der Waals surface area contributed by atoms with Crippen LogP contribution in [-0.2, 0) is 6.18 Å². The van der Waals surface area contributed by atoms with E-state index in [0.29, 0.717) is 10.9 Å².